The molecule has 21 heavy (non-hydrogen) atoms. The van der Waals surface area contributed by atoms with Crippen LogP contribution in [0.1, 0.15) is 12.0 Å². The number of halogens is 5. The van der Waals surface area contributed by atoms with Crippen molar-refractivity contribution in [2.45, 2.75) is 16.8 Å². The molecule has 8 heteroatoms. The molecule has 0 aliphatic carbocycles. The van der Waals surface area contributed by atoms with E-state index in [-0.39, 0.29) is 50.4 Å². The summed E-state index contributed by atoms with van der Waals surface area (Å²) < 4.78 is 39.2. The summed E-state index contributed by atoms with van der Waals surface area (Å²) in [6.07, 6.45) is 0.445. The van der Waals surface area contributed by atoms with Gasteiger partial charge in [-0.15, -0.1) is 11.3 Å². The van der Waals surface area contributed by atoms with Crippen LogP contribution in [0.2, 0.25) is 0 Å². The molecule has 1 heterocycles. The molecular weight excluding hydrogens is 539 g/mol. The Morgan fingerprint density at radius 1 is 1.48 bits per heavy atom. The third kappa shape index (κ3) is 4.51. The Kier molecular flexibility index (Phi) is 7.84. The molecule has 2 nitrogen and oxygen atoms in total. The molecule has 1 aromatic rings. The molecule has 1 aromatic carbocycles. The fourth-order valence-corrected chi connectivity index (χ4v) is 3.00. The normalized spacial score (nSPS) is 18.6. The van der Waals surface area contributed by atoms with Gasteiger partial charge >= 0.3 is 0 Å². The number of hydrogen-bond donors (Lipinski definition) is 0. The first-order valence-corrected chi connectivity index (χ1v) is 7.74. The number of amides is 1. The summed E-state index contributed by atoms with van der Waals surface area (Å²) in [6.45, 7) is -0.762. The van der Waals surface area contributed by atoms with Crippen LogP contribution < -0.4 is 0 Å². The molecule has 1 aliphatic rings. The molecule has 0 saturated carbocycles. The summed E-state index contributed by atoms with van der Waals surface area (Å²) in [5.74, 6) is -1.03. The van der Waals surface area contributed by atoms with E-state index in [1.54, 1.807) is 6.07 Å². The van der Waals surface area contributed by atoms with Crippen molar-refractivity contribution in [2.75, 3.05) is 6.54 Å². The van der Waals surface area contributed by atoms with Crippen molar-refractivity contribution in [3.05, 3.63) is 40.1 Å². The summed E-state index contributed by atoms with van der Waals surface area (Å²) in [4.78, 5) is 13.0. The quantitative estimate of drug-likeness (QED) is 0.318. The van der Waals surface area contributed by atoms with E-state index >= 15 is 0 Å². The van der Waals surface area contributed by atoms with E-state index in [2.05, 4.69) is 22.0 Å². The monoisotopic (exact) mass is 547 g/mol. The van der Waals surface area contributed by atoms with Gasteiger partial charge < -0.3 is 4.90 Å². The van der Waals surface area contributed by atoms with Crippen LogP contribution in [-0.2, 0) is 37.5 Å². The fraction of sp³-hybridized carbons (Fsp3) is 0.308. The van der Waals surface area contributed by atoms with Crippen LogP contribution in [0.3, 0.4) is 0 Å². The Hall–Kier alpha value is 0.534. The van der Waals surface area contributed by atoms with Gasteiger partial charge in [-0.3, -0.25) is 4.79 Å². The number of benzene rings is 1. The number of alkyl halides is 3. The van der Waals surface area contributed by atoms with Gasteiger partial charge in [0.25, 0.3) is 6.43 Å². The van der Waals surface area contributed by atoms with Crippen LogP contribution in [-0.4, -0.2) is 27.7 Å². The van der Waals surface area contributed by atoms with Crippen LogP contribution in [0, 0.1) is 11.9 Å². The van der Waals surface area contributed by atoms with Crippen molar-refractivity contribution >= 4 is 50.1 Å². The Balaban J connectivity index is 0.00000220. The van der Waals surface area contributed by atoms with Gasteiger partial charge in [0, 0.05) is 32.7 Å². The predicted octanol–water partition coefficient (Wildman–Crippen LogP) is 4.03. The largest absolute Gasteiger partial charge is 0.341 e. The summed E-state index contributed by atoms with van der Waals surface area (Å²) in [5.41, 5.74) is 0.165. The summed E-state index contributed by atoms with van der Waals surface area (Å²) in [6, 6.07) is 4.30. The standard InChI is InChI=1S/C13H9BrF3INO.Y/c14-7-2-1-3-8(15)12(7)10-5-4-9(18)13(20)19(10)6-11(16)17;/h1-3,9,11H,4,6H2;/q-1;. The zero-order chi connectivity index (χ0) is 14.9. The van der Waals surface area contributed by atoms with Crippen molar-refractivity contribution in [1.82, 2.24) is 4.90 Å². The molecule has 111 valence electrons. The fourth-order valence-electron chi connectivity index (χ4n) is 1.91. The van der Waals surface area contributed by atoms with Gasteiger partial charge in [0.15, 0.2) is 0 Å². The maximum atomic E-state index is 14.0. The van der Waals surface area contributed by atoms with Crippen LogP contribution in [0.15, 0.2) is 22.7 Å². The van der Waals surface area contributed by atoms with Gasteiger partial charge in [-0.1, -0.05) is 61.5 Å². The molecule has 1 radical (unpaired) electrons. The predicted molar refractivity (Wildman–Crippen MR) is 80.9 cm³/mol. The third-order valence-electron chi connectivity index (χ3n) is 2.77. The first-order chi connectivity index (χ1) is 9.41. The molecule has 2 rings (SSSR count). The SMILES string of the molecule is O=C1C(I)C[C-]=C(c2c(F)cccc2Br)N1CC(F)F.[Y]. The maximum Gasteiger partial charge on any atom is 0.256 e. The van der Waals surface area contributed by atoms with E-state index in [0.717, 1.165) is 4.90 Å². The van der Waals surface area contributed by atoms with Crippen LogP contribution >= 0.6 is 38.5 Å². The summed E-state index contributed by atoms with van der Waals surface area (Å²) >= 11 is 5.06. The molecule has 1 unspecified atom stereocenters. The van der Waals surface area contributed by atoms with Crippen molar-refractivity contribution in [1.29, 1.82) is 0 Å². The van der Waals surface area contributed by atoms with E-state index in [0.29, 0.717) is 4.47 Å². The zero-order valence-electron chi connectivity index (χ0n) is 10.6. The Morgan fingerprint density at radius 3 is 2.71 bits per heavy atom. The van der Waals surface area contributed by atoms with Crippen molar-refractivity contribution < 1.29 is 50.7 Å². The van der Waals surface area contributed by atoms with Gasteiger partial charge in [0.1, 0.15) is 0 Å². The third-order valence-corrected chi connectivity index (χ3v) is 4.41. The van der Waals surface area contributed by atoms with Gasteiger partial charge in [-0.05, 0) is 6.07 Å². The second-order valence-corrected chi connectivity index (χ2v) is 6.49. The van der Waals surface area contributed by atoms with Crippen LogP contribution in [0.4, 0.5) is 13.2 Å². The maximum absolute atomic E-state index is 14.0. The molecule has 0 bridgehead atoms. The molecule has 0 aromatic heterocycles. The Bertz CT molecular complexity index is 550. The minimum Gasteiger partial charge on any atom is -0.341 e. The zero-order valence-corrected chi connectivity index (χ0v) is 17.2. The van der Waals surface area contributed by atoms with E-state index in [1.807, 2.05) is 22.6 Å². The minimum atomic E-state index is -2.69. The first kappa shape index (κ1) is 19.6. The number of hydrogen-bond acceptors (Lipinski definition) is 1. The smallest absolute Gasteiger partial charge is 0.256 e. The first-order valence-electron chi connectivity index (χ1n) is 5.70. The van der Waals surface area contributed by atoms with Crippen molar-refractivity contribution in [3.8, 4) is 0 Å². The van der Waals surface area contributed by atoms with Gasteiger partial charge in [-0.2, -0.15) is 0 Å². The number of rotatable bonds is 3. The van der Waals surface area contributed by atoms with Crippen molar-refractivity contribution in [3.63, 3.8) is 0 Å². The van der Waals surface area contributed by atoms with E-state index in [1.165, 1.54) is 12.1 Å². The molecule has 1 aliphatic heterocycles. The van der Waals surface area contributed by atoms with E-state index in [4.69, 9.17) is 0 Å². The molecule has 0 saturated heterocycles. The van der Waals surface area contributed by atoms with Crippen LogP contribution in [0.25, 0.3) is 5.70 Å². The Labute approximate surface area is 167 Å². The second-order valence-electron chi connectivity index (χ2n) is 4.13. The molecule has 0 N–H and O–H groups in total. The minimum absolute atomic E-state index is 0. The summed E-state index contributed by atoms with van der Waals surface area (Å²) in [5, 5.41) is 0. The molecule has 0 fully saturated rings. The topological polar surface area (TPSA) is 20.3 Å². The molecular formula is C13H9BrF3INOY-. The van der Waals surface area contributed by atoms with E-state index in [9.17, 15) is 18.0 Å². The number of carbonyl (C=O) groups is 1. The van der Waals surface area contributed by atoms with Crippen LogP contribution in [0.5, 0.6) is 0 Å². The molecule has 1 amide bonds. The van der Waals surface area contributed by atoms with Gasteiger partial charge in [-0.25, -0.2) is 19.2 Å². The second kappa shape index (κ2) is 8.40. The molecule has 0 spiro atoms. The Morgan fingerprint density at radius 2 is 2.14 bits per heavy atom. The average Bonchev–Trinajstić information content (AvgIpc) is 2.37. The van der Waals surface area contributed by atoms with Gasteiger partial charge in [0.2, 0.25) is 5.91 Å². The number of allylic oxidation sites excluding steroid dienone is 1. The number of nitrogens with zero attached hydrogens (tertiary/aromatic N) is 1. The van der Waals surface area contributed by atoms with E-state index < -0.39 is 28.6 Å². The molecule has 1 atom stereocenters. The van der Waals surface area contributed by atoms with Gasteiger partial charge in [0.05, 0.1) is 16.3 Å². The summed E-state index contributed by atoms with van der Waals surface area (Å²) in [7, 11) is 0. The van der Waals surface area contributed by atoms with Crippen molar-refractivity contribution in [2.24, 2.45) is 0 Å². The average molecular weight is 548 g/mol. The number of carbonyl (C=O) groups excluding carboxylic acids is 1.